The zero-order chi connectivity index (χ0) is 9.19. The Kier molecular flexibility index (Phi) is 2.69. The monoisotopic (exact) mass is 171 g/mol. The van der Waals surface area contributed by atoms with Crippen LogP contribution in [0.5, 0.6) is 0 Å². The van der Waals surface area contributed by atoms with Crippen LogP contribution in [0.15, 0.2) is 0 Å². The molecule has 1 saturated heterocycles. The standard InChI is InChI=1S/C8H17N3O/c1-8(2,9)5-11-6-3-7(12)10-4-6/h6,11H,3-5,9H2,1-2H3,(H,10,12). The number of hydrogen-bond donors (Lipinski definition) is 3. The quantitative estimate of drug-likeness (QED) is 0.521. The first-order chi connectivity index (χ1) is 5.47. The number of carbonyl (C=O) groups excluding carboxylic acids is 1. The Balaban J connectivity index is 2.20. The summed E-state index contributed by atoms with van der Waals surface area (Å²) in [5.74, 6) is 0.127. The molecule has 4 nitrogen and oxygen atoms in total. The highest BCUT2D eigenvalue weighted by Gasteiger charge is 2.22. The predicted octanol–water partition coefficient (Wildman–Crippen LogP) is -0.798. The van der Waals surface area contributed by atoms with Crippen LogP contribution < -0.4 is 16.4 Å². The molecule has 4 N–H and O–H groups in total. The number of nitrogens with one attached hydrogen (secondary N) is 2. The van der Waals surface area contributed by atoms with E-state index in [0.717, 1.165) is 13.1 Å². The highest BCUT2D eigenvalue weighted by atomic mass is 16.1. The number of carbonyl (C=O) groups is 1. The fourth-order valence-electron chi connectivity index (χ4n) is 1.16. The maximum Gasteiger partial charge on any atom is 0.221 e. The van der Waals surface area contributed by atoms with Gasteiger partial charge in [-0.2, -0.15) is 0 Å². The summed E-state index contributed by atoms with van der Waals surface area (Å²) in [5, 5.41) is 6.01. The van der Waals surface area contributed by atoms with Crippen molar-refractivity contribution < 1.29 is 4.79 Å². The van der Waals surface area contributed by atoms with E-state index in [1.54, 1.807) is 0 Å². The Morgan fingerprint density at radius 1 is 1.75 bits per heavy atom. The lowest BCUT2D eigenvalue weighted by molar-refractivity contribution is -0.119. The topological polar surface area (TPSA) is 67.2 Å². The van der Waals surface area contributed by atoms with E-state index in [4.69, 9.17) is 5.73 Å². The van der Waals surface area contributed by atoms with Gasteiger partial charge in [-0.3, -0.25) is 4.79 Å². The Morgan fingerprint density at radius 3 is 2.83 bits per heavy atom. The molecule has 0 spiro atoms. The summed E-state index contributed by atoms with van der Waals surface area (Å²) in [6, 6.07) is 0.264. The van der Waals surface area contributed by atoms with E-state index in [2.05, 4.69) is 10.6 Å². The molecule has 0 aromatic carbocycles. The van der Waals surface area contributed by atoms with E-state index in [-0.39, 0.29) is 17.5 Å². The molecule has 1 rings (SSSR count). The van der Waals surface area contributed by atoms with Gasteiger partial charge >= 0.3 is 0 Å². The van der Waals surface area contributed by atoms with Crippen molar-refractivity contribution in [3.63, 3.8) is 0 Å². The number of nitrogens with two attached hydrogens (primary N) is 1. The van der Waals surface area contributed by atoms with Gasteiger partial charge in [-0.15, -0.1) is 0 Å². The van der Waals surface area contributed by atoms with Gasteiger partial charge in [0.15, 0.2) is 0 Å². The fourth-order valence-corrected chi connectivity index (χ4v) is 1.16. The molecule has 1 aliphatic rings. The Morgan fingerprint density at radius 2 is 2.42 bits per heavy atom. The Bertz CT molecular complexity index is 174. The van der Waals surface area contributed by atoms with Gasteiger partial charge in [0, 0.05) is 31.1 Å². The zero-order valence-electron chi connectivity index (χ0n) is 7.68. The van der Waals surface area contributed by atoms with Crippen molar-refractivity contribution in [3.8, 4) is 0 Å². The number of hydrogen-bond acceptors (Lipinski definition) is 3. The van der Waals surface area contributed by atoms with Gasteiger partial charge in [-0.1, -0.05) is 0 Å². The fraction of sp³-hybridized carbons (Fsp3) is 0.875. The summed E-state index contributed by atoms with van der Waals surface area (Å²) in [5.41, 5.74) is 5.58. The normalized spacial score (nSPS) is 24.2. The molecule has 4 heteroatoms. The van der Waals surface area contributed by atoms with Gasteiger partial charge in [-0.05, 0) is 13.8 Å². The largest absolute Gasteiger partial charge is 0.354 e. The molecular formula is C8H17N3O. The summed E-state index contributed by atoms with van der Waals surface area (Å²) in [6.07, 6.45) is 0.579. The van der Waals surface area contributed by atoms with Crippen LogP contribution in [0.1, 0.15) is 20.3 Å². The molecule has 0 saturated carbocycles. The van der Waals surface area contributed by atoms with Gasteiger partial charge < -0.3 is 16.4 Å². The van der Waals surface area contributed by atoms with E-state index in [1.165, 1.54) is 0 Å². The maximum atomic E-state index is 10.8. The van der Waals surface area contributed by atoms with Crippen molar-refractivity contribution in [1.29, 1.82) is 0 Å². The van der Waals surface area contributed by atoms with E-state index < -0.39 is 0 Å². The van der Waals surface area contributed by atoms with Crippen LogP contribution in [0, 0.1) is 0 Å². The summed E-state index contributed by atoms with van der Waals surface area (Å²) in [7, 11) is 0. The van der Waals surface area contributed by atoms with Crippen LogP contribution in [0.2, 0.25) is 0 Å². The number of amides is 1. The molecule has 1 amide bonds. The average molecular weight is 171 g/mol. The molecular weight excluding hydrogens is 154 g/mol. The molecule has 1 heterocycles. The molecule has 0 aromatic heterocycles. The summed E-state index contributed by atoms with van der Waals surface area (Å²) in [4.78, 5) is 10.8. The third-order valence-corrected chi connectivity index (χ3v) is 1.82. The first-order valence-corrected chi connectivity index (χ1v) is 4.26. The zero-order valence-corrected chi connectivity index (χ0v) is 7.68. The minimum absolute atomic E-state index is 0.127. The molecule has 70 valence electrons. The van der Waals surface area contributed by atoms with Crippen molar-refractivity contribution in [3.05, 3.63) is 0 Å². The van der Waals surface area contributed by atoms with E-state index in [0.29, 0.717) is 6.42 Å². The maximum absolute atomic E-state index is 10.8. The van der Waals surface area contributed by atoms with Gasteiger partial charge in [0.2, 0.25) is 5.91 Å². The number of rotatable bonds is 3. The smallest absolute Gasteiger partial charge is 0.221 e. The molecule has 12 heavy (non-hydrogen) atoms. The molecule has 1 fully saturated rings. The first kappa shape index (κ1) is 9.48. The lowest BCUT2D eigenvalue weighted by Crippen LogP contribution is -2.47. The van der Waals surface area contributed by atoms with Crippen molar-refractivity contribution in [2.45, 2.75) is 31.8 Å². The van der Waals surface area contributed by atoms with Gasteiger partial charge in [-0.25, -0.2) is 0 Å². The lowest BCUT2D eigenvalue weighted by atomic mass is 10.1. The molecule has 0 bridgehead atoms. The Labute approximate surface area is 72.9 Å². The summed E-state index contributed by atoms with van der Waals surface area (Å²) >= 11 is 0. The molecule has 1 aliphatic heterocycles. The minimum Gasteiger partial charge on any atom is -0.354 e. The van der Waals surface area contributed by atoms with Crippen LogP contribution in [0.25, 0.3) is 0 Å². The second-order valence-electron chi connectivity index (χ2n) is 4.07. The molecule has 1 unspecified atom stereocenters. The average Bonchev–Trinajstić information content (AvgIpc) is 2.30. The van der Waals surface area contributed by atoms with E-state index >= 15 is 0 Å². The lowest BCUT2D eigenvalue weighted by Gasteiger charge is -2.21. The van der Waals surface area contributed by atoms with Crippen molar-refractivity contribution >= 4 is 5.91 Å². The SMILES string of the molecule is CC(C)(N)CNC1CNC(=O)C1. The predicted molar refractivity (Wildman–Crippen MR) is 47.7 cm³/mol. The third-order valence-electron chi connectivity index (χ3n) is 1.82. The molecule has 0 aromatic rings. The second kappa shape index (κ2) is 3.41. The Hall–Kier alpha value is -0.610. The van der Waals surface area contributed by atoms with Crippen LogP contribution in [0.3, 0.4) is 0 Å². The minimum atomic E-state index is -0.203. The molecule has 0 radical (unpaired) electrons. The van der Waals surface area contributed by atoms with Crippen molar-refractivity contribution in [2.24, 2.45) is 5.73 Å². The van der Waals surface area contributed by atoms with Crippen molar-refractivity contribution in [2.75, 3.05) is 13.1 Å². The molecule has 0 aliphatic carbocycles. The van der Waals surface area contributed by atoms with Crippen LogP contribution >= 0.6 is 0 Å². The van der Waals surface area contributed by atoms with Crippen LogP contribution in [-0.2, 0) is 4.79 Å². The highest BCUT2D eigenvalue weighted by molar-refractivity contribution is 5.78. The van der Waals surface area contributed by atoms with Crippen LogP contribution in [0.4, 0.5) is 0 Å². The van der Waals surface area contributed by atoms with E-state index in [9.17, 15) is 4.79 Å². The van der Waals surface area contributed by atoms with Gasteiger partial charge in [0.25, 0.3) is 0 Å². The van der Waals surface area contributed by atoms with Crippen LogP contribution in [-0.4, -0.2) is 30.6 Å². The second-order valence-corrected chi connectivity index (χ2v) is 4.07. The van der Waals surface area contributed by atoms with Crippen molar-refractivity contribution in [1.82, 2.24) is 10.6 Å². The first-order valence-electron chi connectivity index (χ1n) is 4.26. The van der Waals surface area contributed by atoms with E-state index in [1.807, 2.05) is 13.8 Å². The molecule has 1 atom stereocenters. The summed E-state index contributed by atoms with van der Waals surface area (Å²) < 4.78 is 0. The third kappa shape index (κ3) is 3.19. The summed E-state index contributed by atoms with van der Waals surface area (Å²) in [6.45, 7) is 5.40. The van der Waals surface area contributed by atoms with Gasteiger partial charge in [0.1, 0.15) is 0 Å². The highest BCUT2D eigenvalue weighted by Crippen LogP contribution is 2.01. The van der Waals surface area contributed by atoms with Gasteiger partial charge in [0.05, 0.1) is 0 Å².